The van der Waals surface area contributed by atoms with Crippen LogP contribution in [0.5, 0.6) is 0 Å². The molecule has 2 N–H and O–H groups in total. The molecule has 0 fully saturated rings. The molecule has 0 radical (unpaired) electrons. The predicted molar refractivity (Wildman–Crippen MR) is 78.1 cm³/mol. The van der Waals surface area contributed by atoms with Gasteiger partial charge in [0.25, 0.3) is 0 Å². The Morgan fingerprint density at radius 1 is 1.00 bits per heavy atom. The van der Waals surface area contributed by atoms with Crippen molar-refractivity contribution in [2.75, 3.05) is 23.7 Å². The summed E-state index contributed by atoms with van der Waals surface area (Å²) in [6, 6.07) is 0. The lowest BCUT2D eigenvalue weighted by atomic mass is 10.0. The average molecular weight is 250 g/mol. The fraction of sp³-hybridized carbons (Fsp3) is 0.714. The van der Waals surface area contributed by atoms with Gasteiger partial charge in [0.1, 0.15) is 18.0 Å². The van der Waals surface area contributed by atoms with E-state index in [2.05, 4.69) is 48.3 Å². The van der Waals surface area contributed by atoms with Gasteiger partial charge in [0, 0.05) is 18.7 Å². The number of nitrogens with zero attached hydrogens (tertiary/aromatic N) is 2. The summed E-state index contributed by atoms with van der Waals surface area (Å²) in [6.45, 7) is 10.6. The first-order chi connectivity index (χ1) is 8.76. The molecule has 1 rings (SSSR count). The van der Waals surface area contributed by atoms with E-state index < -0.39 is 0 Å². The molecule has 0 aliphatic rings. The summed E-state index contributed by atoms with van der Waals surface area (Å²) < 4.78 is 0. The molecule has 0 aromatic carbocycles. The van der Waals surface area contributed by atoms with E-state index in [1.54, 1.807) is 6.33 Å². The molecule has 0 aliphatic carbocycles. The van der Waals surface area contributed by atoms with Crippen molar-refractivity contribution in [3.63, 3.8) is 0 Å². The van der Waals surface area contributed by atoms with Crippen LogP contribution >= 0.6 is 0 Å². The minimum atomic E-state index is 0.715. The van der Waals surface area contributed by atoms with E-state index in [0.29, 0.717) is 5.92 Å². The highest BCUT2D eigenvalue weighted by molar-refractivity contribution is 5.57. The van der Waals surface area contributed by atoms with Gasteiger partial charge in [-0.05, 0) is 19.3 Å². The van der Waals surface area contributed by atoms with Gasteiger partial charge in [-0.3, -0.25) is 0 Å². The minimum absolute atomic E-state index is 0.715. The maximum absolute atomic E-state index is 4.37. The number of aromatic nitrogens is 2. The van der Waals surface area contributed by atoms with Crippen molar-refractivity contribution in [1.29, 1.82) is 0 Å². The smallest absolute Gasteiger partial charge is 0.134 e. The fourth-order valence-corrected chi connectivity index (χ4v) is 2.04. The highest BCUT2D eigenvalue weighted by Gasteiger charge is 2.10. The summed E-state index contributed by atoms with van der Waals surface area (Å²) in [5.41, 5.74) is 1.19. The van der Waals surface area contributed by atoms with Crippen LogP contribution in [-0.4, -0.2) is 23.1 Å². The van der Waals surface area contributed by atoms with Crippen molar-refractivity contribution in [1.82, 2.24) is 9.97 Å². The van der Waals surface area contributed by atoms with Crippen molar-refractivity contribution in [3.05, 3.63) is 11.9 Å². The normalized spacial score (nSPS) is 10.7. The molecule has 0 atom stereocenters. The number of hydrogen-bond acceptors (Lipinski definition) is 4. The van der Waals surface area contributed by atoms with E-state index in [0.717, 1.165) is 31.1 Å². The van der Waals surface area contributed by atoms with Crippen LogP contribution in [0.25, 0.3) is 0 Å². The number of hydrogen-bond donors (Lipinski definition) is 2. The number of rotatable bonds is 8. The number of nitrogens with one attached hydrogen (secondary N) is 2. The topological polar surface area (TPSA) is 49.8 Å². The SMILES string of the molecule is CCNc1ncnc(NCC(CC)CC)c1CC. The molecule has 4 nitrogen and oxygen atoms in total. The Bertz CT molecular complexity index is 348. The molecule has 18 heavy (non-hydrogen) atoms. The van der Waals surface area contributed by atoms with E-state index in [9.17, 15) is 0 Å². The molecule has 4 heteroatoms. The van der Waals surface area contributed by atoms with Crippen LogP contribution in [0.2, 0.25) is 0 Å². The van der Waals surface area contributed by atoms with E-state index in [1.807, 2.05) is 0 Å². The minimum Gasteiger partial charge on any atom is -0.370 e. The molecule has 0 saturated carbocycles. The molecule has 0 aliphatic heterocycles. The van der Waals surface area contributed by atoms with Crippen LogP contribution in [0.1, 0.15) is 46.1 Å². The van der Waals surface area contributed by atoms with Crippen LogP contribution in [0.15, 0.2) is 6.33 Å². The zero-order valence-corrected chi connectivity index (χ0v) is 12.1. The zero-order valence-electron chi connectivity index (χ0n) is 12.1. The lowest BCUT2D eigenvalue weighted by Crippen LogP contribution is -2.16. The van der Waals surface area contributed by atoms with Crippen molar-refractivity contribution in [2.24, 2.45) is 5.92 Å². The third-order valence-electron chi connectivity index (χ3n) is 3.36. The Morgan fingerprint density at radius 3 is 2.11 bits per heavy atom. The molecule has 1 aromatic heterocycles. The summed E-state index contributed by atoms with van der Waals surface area (Å²) in [7, 11) is 0. The summed E-state index contributed by atoms with van der Waals surface area (Å²) in [5.74, 6) is 2.66. The van der Waals surface area contributed by atoms with Gasteiger partial charge in [0.2, 0.25) is 0 Å². The molecule has 0 amide bonds. The van der Waals surface area contributed by atoms with Crippen molar-refractivity contribution < 1.29 is 0 Å². The van der Waals surface area contributed by atoms with E-state index >= 15 is 0 Å². The standard InChI is InChI=1S/C14H26N4/c1-5-11(6-2)9-16-14-12(7-3)13(15-8-4)17-10-18-14/h10-11H,5-9H2,1-4H3,(H2,15,16,17,18). The van der Waals surface area contributed by atoms with E-state index in [4.69, 9.17) is 0 Å². The predicted octanol–water partition coefficient (Wildman–Crippen LogP) is 3.32. The van der Waals surface area contributed by atoms with Crippen LogP contribution < -0.4 is 10.6 Å². The Morgan fingerprint density at radius 2 is 1.61 bits per heavy atom. The maximum Gasteiger partial charge on any atom is 0.134 e. The summed E-state index contributed by atoms with van der Waals surface area (Å²) >= 11 is 0. The molecule has 0 unspecified atom stereocenters. The first-order valence-electron chi connectivity index (χ1n) is 7.08. The third kappa shape index (κ3) is 3.86. The van der Waals surface area contributed by atoms with Gasteiger partial charge in [0.15, 0.2) is 0 Å². The average Bonchev–Trinajstić information content (AvgIpc) is 2.40. The monoisotopic (exact) mass is 250 g/mol. The first kappa shape index (κ1) is 14.7. The van der Waals surface area contributed by atoms with Crippen LogP contribution in [-0.2, 0) is 6.42 Å². The molecule has 0 saturated heterocycles. The third-order valence-corrected chi connectivity index (χ3v) is 3.36. The van der Waals surface area contributed by atoms with E-state index in [-0.39, 0.29) is 0 Å². The van der Waals surface area contributed by atoms with Crippen molar-refractivity contribution in [3.8, 4) is 0 Å². The molecule has 102 valence electrons. The summed E-state index contributed by atoms with van der Waals surface area (Å²) in [4.78, 5) is 8.68. The first-order valence-corrected chi connectivity index (χ1v) is 7.08. The highest BCUT2D eigenvalue weighted by Crippen LogP contribution is 2.21. The molecular weight excluding hydrogens is 224 g/mol. The summed E-state index contributed by atoms with van der Waals surface area (Å²) in [5, 5.41) is 6.77. The van der Waals surface area contributed by atoms with Crippen molar-refractivity contribution in [2.45, 2.75) is 47.0 Å². The molecule has 1 aromatic rings. The second kappa shape index (κ2) is 7.90. The van der Waals surface area contributed by atoms with Gasteiger partial charge in [-0.1, -0.05) is 33.6 Å². The van der Waals surface area contributed by atoms with Crippen LogP contribution in [0.4, 0.5) is 11.6 Å². The van der Waals surface area contributed by atoms with Gasteiger partial charge in [-0.15, -0.1) is 0 Å². The van der Waals surface area contributed by atoms with Gasteiger partial charge >= 0.3 is 0 Å². The largest absolute Gasteiger partial charge is 0.370 e. The number of anilines is 2. The fourth-order valence-electron chi connectivity index (χ4n) is 2.04. The Balaban J connectivity index is 2.78. The van der Waals surface area contributed by atoms with E-state index in [1.165, 1.54) is 18.4 Å². The maximum atomic E-state index is 4.37. The molecule has 0 bridgehead atoms. The Hall–Kier alpha value is -1.32. The lowest BCUT2D eigenvalue weighted by Gasteiger charge is -2.17. The van der Waals surface area contributed by atoms with Gasteiger partial charge < -0.3 is 10.6 Å². The molecular formula is C14H26N4. The summed E-state index contributed by atoms with van der Waals surface area (Å²) in [6.07, 6.45) is 4.98. The highest BCUT2D eigenvalue weighted by atomic mass is 15.1. The molecule has 1 heterocycles. The van der Waals surface area contributed by atoms with Gasteiger partial charge in [-0.2, -0.15) is 0 Å². The van der Waals surface area contributed by atoms with Gasteiger partial charge in [0.05, 0.1) is 0 Å². The Kier molecular flexibility index (Phi) is 6.47. The second-order valence-electron chi connectivity index (χ2n) is 4.50. The zero-order chi connectivity index (χ0) is 13.4. The molecule has 0 spiro atoms. The van der Waals surface area contributed by atoms with Crippen LogP contribution in [0.3, 0.4) is 0 Å². The Labute approximate surface area is 111 Å². The van der Waals surface area contributed by atoms with Crippen molar-refractivity contribution >= 4 is 11.6 Å². The lowest BCUT2D eigenvalue weighted by molar-refractivity contribution is 0.518. The van der Waals surface area contributed by atoms with Gasteiger partial charge in [-0.25, -0.2) is 9.97 Å². The van der Waals surface area contributed by atoms with Crippen LogP contribution in [0, 0.1) is 5.92 Å². The second-order valence-corrected chi connectivity index (χ2v) is 4.50. The quantitative estimate of drug-likeness (QED) is 0.743.